The average Bonchev–Trinajstić information content (AvgIpc) is 2.01. The lowest BCUT2D eigenvalue weighted by Crippen LogP contribution is -2.11. The van der Waals surface area contributed by atoms with Crippen LogP contribution < -0.4 is 0 Å². The molecule has 1 aromatic carbocycles. The molecule has 0 atom stereocenters. The summed E-state index contributed by atoms with van der Waals surface area (Å²) >= 11 is 0. The number of rotatable bonds is 1. The summed E-state index contributed by atoms with van der Waals surface area (Å²) in [5, 5.41) is 0. The Bertz CT molecular complexity index is 349. The molecule has 1 nitrogen and oxygen atoms in total. The van der Waals surface area contributed by atoms with Crippen LogP contribution in [0.1, 0.15) is 11.1 Å². The summed E-state index contributed by atoms with van der Waals surface area (Å²) in [6.45, 7) is 0. The maximum absolute atomic E-state index is 12.5. The van der Waals surface area contributed by atoms with Crippen molar-refractivity contribution in [3.63, 3.8) is 0 Å². The number of alkyl halides is 3. The topological polar surface area (TPSA) is 3.01 Å². The molecule has 0 saturated heterocycles. The monoisotopic (exact) mass is 202 g/mol. The van der Waals surface area contributed by atoms with Gasteiger partial charge in [-0.15, -0.1) is 0 Å². The summed E-state index contributed by atoms with van der Waals surface area (Å²) in [6.07, 6.45) is -2.84. The van der Waals surface area contributed by atoms with Gasteiger partial charge in [-0.1, -0.05) is 12.1 Å². The average molecular weight is 202 g/mol. The molecule has 0 unspecified atom stereocenters. The van der Waals surface area contributed by atoms with Crippen LogP contribution in [0.5, 0.6) is 0 Å². The molecule has 0 aliphatic carbocycles. The molecule has 0 heterocycles. The van der Waals surface area contributed by atoms with Gasteiger partial charge in [0.25, 0.3) is 0 Å². The molecular weight excluding hydrogens is 191 g/mol. The Kier molecular flexibility index (Phi) is 2.93. The fourth-order valence-corrected chi connectivity index (χ4v) is 1.15. The van der Waals surface area contributed by atoms with Crippen molar-refractivity contribution in [1.82, 2.24) is 0 Å². The molecule has 0 aromatic heterocycles. The molecule has 0 radical (unpaired) electrons. The lowest BCUT2D eigenvalue weighted by Gasteiger charge is -2.08. The van der Waals surface area contributed by atoms with Crippen LogP contribution in [0.15, 0.2) is 24.3 Å². The Balaban J connectivity index is 3.24. The molecule has 0 bridgehead atoms. The van der Waals surface area contributed by atoms with E-state index in [0.29, 0.717) is 0 Å². The van der Waals surface area contributed by atoms with E-state index in [2.05, 4.69) is 0 Å². The van der Waals surface area contributed by atoms with Crippen LogP contribution in [-0.2, 0) is 6.18 Å². The third-order valence-electron chi connectivity index (χ3n) is 1.66. The Morgan fingerprint density at radius 2 is 1.71 bits per heavy atom. The largest absolute Gasteiger partial charge is 0.417 e. The first-order valence-electron chi connectivity index (χ1n) is 4.09. The van der Waals surface area contributed by atoms with Crippen LogP contribution in [0.25, 0.3) is 0 Å². The van der Waals surface area contributed by atoms with Crippen molar-refractivity contribution in [3.8, 4) is 0 Å². The highest BCUT2D eigenvalue weighted by atomic mass is 19.4. The molecule has 0 saturated carbocycles. The van der Waals surface area contributed by atoms with Crippen molar-refractivity contribution < 1.29 is 17.7 Å². The van der Waals surface area contributed by atoms with Crippen molar-refractivity contribution >= 4 is 6.21 Å². The molecule has 76 valence electrons. The minimum Gasteiger partial charge on any atom is -0.241 e. The zero-order chi connectivity index (χ0) is 10.8. The maximum Gasteiger partial charge on any atom is 0.417 e. The number of nitrogens with zero attached hydrogens (tertiary/aromatic N) is 1. The van der Waals surface area contributed by atoms with Gasteiger partial charge in [0.15, 0.2) is 6.21 Å². The van der Waals surface area contributed by atoms with Crippen LogP contribution in [-0.4, -0.2) is 24.9 Å². The van der Waals surface area contributed by atoms with Crippen LogP contribution in [0.3, 0.4) is 0 Å². The zero-order valence-corrected chi connectivity index (χ0v) is 7.97. The normalized spacial score (nSPS) is 11.2. The van der Waals surface area contributed by atoms with Crippen molar-refractivity contribution in [2.45, 2.75) is 6.18 Å². The molecule has 0 spiro atoms. The Hall–Kier alpha value is -1.32. The number of halogens is 3. The molecule has 0 aliphatic heterocycles. The van der Waals surface area contributed by atoms with E-state index in [9.17, 15) is 13.2 Å². The Labute approximate surface area is 80.5 Å². The fourth-order valence-electron chi connectivity index (χ4n) is 1.15. The van der Waals surface area contributed by atoms with Gasteiger partial charge in [-0.3, -0.25) is 0 Å². The van der Waals surface area contributed by atoms with Gasteiger partial charge in [0.2, 0.25) is 0 Å². The highest BCUT2D eigenvalue weighted by Crippen LogP contribution is 2.30. The van der Waals surface area contributed by atoms with Crippen molar-refractivity contribution in [1.29, 1.82) is 0 Å². The number of benzene rings is 1. The van der Waals surface area contributed by atoms with E-state index in [1.54, 1.807) is 24.7 Å². The summed E-state index contributed by atoms with van der Waals surface area (Å²) in [7, 11) is 3.38. The quantitative estimate of drug-likeness (QED) is 0.486. The first-order valence-corrected chi connectivity index (χ1v) is 4.09. The first-order chi connectivity index (χ1) is 6.41. The minimum atomic E-state index is -4.29. The summed E-state index contributed by atoms with van der Waals surface area (Å²) in [5.41, 5.74) is -0.418. The fraction of sp³-hybridized carbons (Fsp3) is 0.300. The Morgan fingerprint density at radius 1 is 1.14 bits per heavy atom. The van der Waals surface area contributed by atoms with E-state index in [4.69, 9.17) is 0 Å². The molecular formula is C10H11F3N+. The number of hydrogen-bond acceptors (Lipinski definition) is 0. The molecule has 0 amide bonds. The van der Waals surface area contributed by atoms with E-state index in [0.717, 1.165) is 6.07 Å². The summed E-state index contributed by atoms with van der Waals surface area (Å²) in [4.78, 5) is 0. The predicted molar refractivity (Wildman–Crippen MR) is 48.7 cm³/mol. The SMILES string of the molecule is C[N+](C)=Cc1ccccc1C(F)(F)F. The van der Waals surface area contributed by atoms with E-state index in [-0.39, 0.29) is 5.56 Å². The smallest absolute Gasteiger partial charge is 0.241 e. The molecule has 0 aliphatic rings. The van der Waals surface area contributed by atoms with Crippen LogP contribution in [0.4, 0.5) is 13.2 Å². The minimum absolute atomic E-state index is 0.185. The summed E-state index contributed by atoms with van der Waals surface area (Å²) < 4.78 is 39.0. The Morgan fingerprint density at radius 3 is 2.21 bits per heavy atom. The lowest BCUT2D eigenvalue weighted by atomic mass is 10.1. The van der Waals surface area contributed by atoms with Crippen LogP contribution in [0, 0.1) is 0 Å². The molecule has 4 heteroatoms. The molecule has 0 N–H and O–H groups in total. The second-order valence-electron chi connectivity index (χ2n) is 3.18. The van der Waals surface area contributed by atoms with Gasteiger partial charge in [-0.2, -0.15) is 13.2 Å². The van der Waals surface area contributed by atoms with Crippen LogP contribution >= 0.6 is 0 Å². The number of hydrogen-bond donors (Lipinski definition) is 0. The zero-order valence-electron chi connectivity index (χ0n) is 7.97. The van der Waals surface area contributed by atoms with E-state index in [1.165, 1.54) is 18.3 Å². The maximum atomic E-state index is 12.5. The van der Waals surface area contributed by atoms with E-state index < -0.39 is 11.7 Å². The van der Waals surface area contributed by atoms with Crippen LogP contribution in [0.2, 0.25) is 0 Å². The molecule has 0 fully saturated rings. The summed E-state index contributed by atoms with van der Waals surface area (Å²) in [6, 6.07) is 5.50. The lowest BCUT2D eigenvalue weighted by molar-refractivity contribution is -0.458. The third kappa shape index (κ3) is 2.58. The standard InChI is InChI=1S/C10H11F3N/c1-14(2)7-8-5-3-4-6-9(8)10(11,12)13/h3-7H,1-2H3/q+1. The van der Waals surface area contributed by atoms with Gasteiger partial charge >= 0.3 is 6.18 Å². The van der Waals surface area contributed by atoms with Crippen molar-refractivity contribution in [2.24, 2.45) is 0 Å². The molecule has 14 heavy (non-hydrogen) atoms. The van der Waals surface area contributed by atoms with Gasteiger partial charge in [-0.05, 0) is 12.1 Å². The molecule has 1 aromatic rings. The van der Waals surface area contributed by atoms with Crippen molar-refractivity contribution in [2.75, 3.05) is 14.1 Å². The van der Waals surface area contributed by atoms with E-state index >= 15 is 0 Å². The second kappa shape index (κ2) is 3.82. The highest BCUT2D eigenvalue weighted by Gasteiger charge is 2.33. The highest BCUT2D eigenvalue weighted by molar-refractivity contribution is 5.78. The van der Waals surface area contributed by atoms with Gasteiger partial charge in [0.05, 0.1) is 5.56 Å². The predicted octanol–water partition coefficient (Wildman–Crippen LogP) is 2.40. The van der Waals surface area contributed by atoms with E-state index in [1.807, 2.05) is 0 Å². The van der Waals surface area contributed by atoms with Gasteiger partial charge in [0.1, 0.15) is 14.1 Å². The third-order valence-corrected chi connectivity index (χ3v) is 1.66. The van der Waals surface area contributed by atoms with Gasteiger partial charge in [0, 0.05) is 5.56 Å². The van der Waals surface area contributed by atoms with Crippen molar-refractivity contribution in [3.05, 3.63) is 35.4 Å². The van der Waals surface area contributed by atoms with Gasteiger partial charge in [-0.25, -0.2) is 4.58 Å². The second-order valence-corrected chi connectivity index (χ2v) is 3.18. The molecule has 1 rings (SSSR count). The first kappa shape index (κ1) is 10.8. The van der Waals surface area contributed by atoms with Gasteiger partial charge < -0.3 is 0 Å². The summed E-state index contributed by atoms with van der Waals surface area (Å²) in [5.74, 6) is 0.